The molecule has 5 nitrogen and oxygen atoms in total. The van der Waals surface area contributed by atoms with Gasteiger partial charge in [-0.25, -0.2) is 8.42 Å². The maximum Gasteiger partial charge on any atom is 0.265 e. The Labute approximate surface area is 113 Å². The first-order valence-corrected chi connectivity index (χ1v) is 7.24. The number of hydrogen-bond donors (Lipinski definition) is 2. The van der Waals surface area contributed by atoms with Crippen molar-refractivity contribution in [3.8, 4) is 0 Å². The van der Waals surface area contributed by atoms with E-state index in [-0.39, 0.29) is 10.6 Å². The van der Waals surface area contributed by atoms with Crippen LogP contribution >= 0.6 is 15.9 Å². The number of benzene rings is 1. The highest BCUT2D eigenvalue weighted by Gasteiger charge is 2.17. The summed E-state index contributed by atoms with van der Waals surface area (Å²) < 4.78 is 27.4. The molecule has 7 heteroatoms. The van der Waals surface area contributed by atoms with Crippen LogP contribution in [-0.4, -0.2) is 13.4 Å². The molecule has 0 bridgehead atoms. The van der Waals surface area contributed by atoms with Crippen LogP contribution in [0.15, 0.2) is 52.1 Å². The number of hydrogen-bond acceptors (Lipinski definition) is 4. The predicted molar refractivity (Wildman–Crippen MR) is 73.6 cm³/mol. The van der Waals surface area contributed by atoms with Crippen molar-refractivity contribution in [2.24, 2.45) is 0 Å². The molecule has 2 rings (SSSR count). The standard InChI is InChI=1S/C11H10BrN3O2S/c12-8-2-1-3-9(6-8)15-18(16,17)11-7-14-5-4-10(11)13/h1-7,15H,(H2,13,14). The van der Waals surface area contributed by atoms with E-state index in [1.54, 1.807) is 24.3 Å². The fourth-order valence-corrected chi connectivity index (χ4v) is 2.90. The minimum absolute atomic E-state index is 0.0371. The van der Waals surface area contributed by atoms with Crippen LogP contribution in [0.1, 0.15) is 0 Å². The number of nitrogens with two attached hydrogens (primary N) is 1. The molecule has 1 heterocycles. The van der Waals surface area contributed by atoms with E-state index in [0.29, 0.717) is 5.69 Å². The highest BCUT2D eigenvalue weighted by Crippen LogP contribution is 2.22. The summed E-state index contributed by atoms with van der Waals surface area (Å²) in [5.74, 6) is 0. The molecule has 0 radical (unpaired) electrons. The van der Waals surface area contributed by atoms with Crippen LogP contribution in [0.3, 0.4) is 0 Å². The topological polar surface area (TPSA) is 85.1 Å². The van der Waals surface area contributed by atoms with Gasteiger partial charge in [0, 0.05) is 22.6 Å². The number of nitrogens with zero attached hydrogens (tertiary/aromatic N) is 1. The second-order valence-corrected chi connectivity index (χ2v) is 6.10. The van der Waals surface area contributed by atoms with E-state index in [2.05, 4.69) is 25.6 Å². The summed E-state index contributed by atoms with van der Waals surface area (Å²) >= 11 is 3.27. The lowest BCUT2D eigenvalue weighted by Gasteiger charge is -2.09. The van der Waals surface area contributed by atoms with E-state index in [0.717, 1.165) is 4.47 Å². The van der Waals surface area contributed by atoms with Gasteiger partial charge in [-0.2, -0.15) is 0 Å². The third kappa shape index (κ3) is 2.80. The summed E-state index contributed by atoms with van der Waals surface area (Å²) in [4.78, 5) is 3.73. The summed E-state index contributed by atoms with van der Waals surface area (Å²) in [6, 6.07) is 8.28. The van der Waals surface area contributed by atoms with Crippen molar-refractivity contribution in [2.45, 2.75) is 4.90 Å². The molecule has 3 N–H and O–H groups in total. The average molecular weight is 328 g/mol. The van der Waals surface area contributed by atoms with E-state index in [1.807, 2.05) is 0 Å². The number of anilines is 2. The fourth-order valence-electron chi connectivity index (χ4n) is 1.38. The second kappa shape index (κ2) is 4.95. The molecule has 0 aliphatic rings. The quantitative estimate of drug-likeness (QED) is 0.905. The van der Waals surface area contributed by atoms with Gasteiger partial charge in [-0.3, -0.25) is 9.71 Å². The molecule has 0 saturated carbocycles. The van der Waals surface area contributed by atoms with Crippen molar-refractivity contribution in [2.75, 3.05) is 10.5 Å². The molecule has 0 fully saturated rings. The zero-order valence-corrected chi connectivity index (χ0v) is 11.6. The minimum Gasteiger partial charge on any atom is -0.398 e. The summed E-state index contributed by atoms with van der Waals surface area (Å²) in [5.41, 5.74) is 6.23. The molecule has 0 aliphatic heterocycles. The molecule has 0 saturated heterocycles. The van der Waals surface area contributed by atoms with Gasteiger partial charge < -0.3 is 5.73 Å². The Morgan fingerprint density at radius 3 is 2.72 bits per heavy atom. The molecule has 0 amide bonds. The number of sulfonamides is 1. The molecule has 1 aromatic heterocycles. The molecule has 2 aromatic rings. The van der Waals surface area contributed by atoms with E-state index in [1.165, 1.54) is 18.5 Å². The van der Waals surface area contributed by atoms with Gasteiger partial charge >= 0.3 is 0 Å². The molecule has 1 aromatic carbocycles. The molecule has 0 spiro atoms. The summed E-state index contributed by atoms with van der Waals surface area (Å²) in [6.45, 7) is 0. The van der Waals surface area contributed by atoms with E-state index < -0.39 is 10.0 Å². The number of nitrogens with one attached hydrogen (secondary N) is 1. The zero-order valence-electron chi connectivity index (χ0n) is 9.17. The van der Waals surface area contributed by atoms with Crippen molar-refractivity contribution in [1.82, 2.24) is 4.98 Å². The molecule has 94 valence electrons. The molecular formula is C11H10BrN3O2S. The van der Waals surface area contributed by atoms with E-state index >= 15 is 0 Å². The number of aromatic nitrogens is 1. The van der Waals surface area contributed by atoms with Crippen LogP contribution in [0.2, 0.25) is 0 Å². The Kier molecular flexibility index (Phi) is 3.53. The third-order valence-electron chi connectivity index (χ3n) is 2.18. The summed E-state index contributed by atoms with van der Waals surface area (Å²) in [7, 11) is -3.72. The first-order valence-electron chi connectivity index (χ1n) is 4.97. The third-order valence-corrected chi connectivity index (χ3v) is 4.10. The Morgan fingerprint density at radius 2 is 2.06 bits per heavy atom. The monoisotopic (exact) mass is 327 g/mol. The number of nitrogen functional groups attached to an aromatic ring is 1. The van der Waals surface area contributed by atoms with Gasteiger partial charge in [-0.1, -0.05) is 22.0 Å². The van der Waals surface area contributed by atoms with Gasteiger partial charge in [-0.05, 0) is 24.3 Å². The predicted octanol–water partition coefficient (Wildman–Crippen LogP) is 2.23. The lowest BCUT2D eigenvalue weighted by atomic mass is 10.3. The van der Waals surface area contributed by atoms with Gasteiger partial charge in [0.2, 0.25) is 0 Å². The van der Waals surface area contributed by atoms with Gasteiger partial charge in [0.25, 0.3) is 10.0 Å². The van der Waals surface area contributed by atoms with Crippen LogP contribution in [0.25, 0.3) is 0 Å². The number of pyridine rings is 1. The second-order valence-electron chi connectivity index (χ2n) is 3.53. The maximum atomic E-state index is 12.1. The highest BCUT2D eigenvalue weighted by molar-refractivity contribution is 9.10. The van der Waals surface area contributed by atoms with E-state index in [4.69, 9.17) is 5.73 Å². The normalized spacial score (nSPS) is 11.2. The Hall–Kier alpha value is -1.60. The van der Waals surface area contributed by atoms with Crippen molar-refractivity contribution in [3.05, 3.63) is 47.2 Å². The smallest absolute Gasteiger partial charge is 0.265 e. The van der Waals surface area contributed by atoms with Crippen molar-refractivity contribution in [1.29, 1.82) is 0 Å². The fraction of sp³-hybridized carbons (Fsp3) is 0. The van der Waals surface area contributed by atoms with Crippen LogP contribution < -0.4 is 10.5 Å². The van der Waals surface area contributed by atoms with Gasteiger partial charge in [0.15, 0.2) is 0 Å². The molecule has 0 unspecified atom stereocenters. The minimum atomic E-state index is -3.72. The van der Waals surface area contributed by atoms with E-state index in [9.17, 15) is 8.42 Å². The van der Waals surface area contributed by atoms with Crippen LogP contribution in [0, 0.1) is 0 Å². The summed E-state index contributed by atoms with van der Waals surface area (Å²) in [6.07, 6.45) is 2.66. The molecule has 0 aliphatic carbocycles. The average Bonchev–Trinajstić information content (AvgIpc) is 2.28. The van der Waals surface area contributed by atoms with Gasteiger partial charge in [-0.15, -0.1) is 0 Å². The SMILES string of the molecule is Nc1ccncc1S(=O)(=O)Nc1cccc(Br)c1. The first kappa shape index (κ1) is 12.8. The number of rotatable bonds is 3. The number of halogens is 1. The lowest BCUT2D eigenvalue weighted by Crippen LogP contribution is -2.15. The Morgan fingerprint density at radius 1 is 1.28 bits per heavy atom. The molecule has 18 heavy (non-hydrogen) atoms. The highest BCUT2D eigenvalue weighted by atomic mass is 79.9. The molecular weight excluding hydrogens is 318 g/mol. The van der Waals surface area contributed by atoms with Crippen molar-refractivity contribution >= 4 is 37.3 Å². The zero-order chi connectivity index (χ0) is 13.2. The Bertz CT molecular complexity index is 673. The van der Waals surface area contributed by atoms with Gasteiger partial charge in [0.1, 0.15) is 4.90 Å². The van der Waals surface area contributed by atoms with Crippen molar-refractivity contribution < 1.29 is 8.42 Å². The van der Waals surface area contributed by atoms with Crippen molar-refractivity contribution in [3.63, 3.8) is 0 Å². The first-order chi connectivity index (χ1) is 8.49. The lowest BCUT2D eigenvalue weighted by molar-refractivity contribution is 0.601. The van der Waals surface area contributed by atoms with Crippen LogP contribution in [0.5, 0.6) is 0 Å². The summed E-state index contributed by atoms with van der Waals surface area (Å²) in [5, 5.41) is 0. The largest absolute Gasteiger partial charge is 0.398 e. The molecule has 0 atom stereocenters. The van der Waals surface area contributed by atoms with Crippen LogP contribution in [-0.2, 0) is 10.0 Å². The maximum absolute atomic E-state index is 12.1. The van der Waals surface area contributed by atoms with Gasteiger partial charge in [0.05, 0.1) is 5.69 Å². The Balaban J connectivity index is 2.37. The van der Waals surface area contributed by atoms with Crippen LogP contribution in [0.4, 0.5) is 11.4 Å².